The molecule has 0 aromatic heterocycles. The number of ether oxygens (including phenoxy) is 1. The molecule has 184 valence electrons. The van der Waals surface area contributed by atoms with Crippen LogP contribution < -0.4 is 4.74 Å². The highest BCUT2D eigenvalue weighted by Crippen LogP contribution is 2.37. The van der Waals surface area contributed by atoms with E-state index < -0.39 is 0 Å². The van der Waals surface area contributed by atoms with Crippen LogP contribution in [-0.4, -0.2) is 48.5 Å². The van der Waals surface area contributed by atoms with Crippen molar-refractivity contribution < 1.29 is 13.9 Å². The number of rotatable bonds is 8. The van der Waals surface area contributed by atoms with Crippen LogP contribution in [0.5, 0.6) is 5.75 Å². The Hall–Kier alpha value is -3.18. The van der Waals surface area contributed by atoms with Gasteiger partial charge < -0.3 is 9.64 Å². The van der Waals surface area contributed by atoms with Crippen molar-refractivity contribution in [2.45, 2.75) is 39.3 Å². The normalized spacial score (nSPS) is 18.1. The first-order valence-electron chi connectivity index (χ1n) is 12.3. The van der Waals surface area contributed by atoms with Crippen LogP contribution in [0.4, 0.5) is 4.39 Å². The number of halogens is 1. The molecule has 5 heteroatoms. The average molecular weight is 475 g/mol. The highest BCUT2D eigenvalue weighted by molar-refractivity contribution is 5.94. The van der Waals surface area contributed by atoms with Gasteiger partial charge in [0.2, 0.25) is 0 Å². The van der Waals surface area contributed by atoms with Crippen molar-refractivity contribution in [3.05, 3.63) is 101 Å². The average Bonchev–Trinajstić information content (AvgIpc) is 3.25. The SMILES string of the molecule is COc1ccccc1CN1CC(CN(C(=O)c2ccc(F)cc2)C(C)C)C(c2ccccc2C)C1. The molecule has 0 saturated carbocycles. The maximum absolute atomic E-state index is 13.5. The van der Waals surface area contributed by atoms with Crippen LogP contribution in [0, 0.1) is 18.7 Å². The lowest BCUT2D eigenvalue weighted by Crippen LogP contribution is -2.42. The number of para-hydroxylation sites is 1. The van der Waals surface area contributed by atoms with Crippen molar-refractivity contribution in [3.8, 4) is 5.75 Å². The summed E-state index contributed by atoms with van der Waals surface area (Å²) in [4.78, 5) is 17.8. The molecule has 1 amide bonds. The molecule has 4 nitrogen and oxygen atoms in total. The first-order valence-corrected chi connectivity index (χ1v) is 12.3. The number of amides is 1. The van der Waals surface area contributed by atoms with Crippen molar-refractivity contribution in [1.29, 1.82) is 0 Å². The Morgan fingerprint density at radius 1 is 1.03 bits per heavy atom. The van der Waals surface area contributed by atoms with E-state index in [1.165, 1.54) is 28.8 Å². The molecule has 0 N–H and O–H groups in total. The predicted molar refractivity (Wildman–Crippen MR) is 138 cm³/mol. The van der Waals surface area contributed by atoms with Crippen molar-refractivity contribution in [2.24, 2.45) is 5.92 Å². The molecule has 2 unspecified atom stereocenters. The Balaban J connectivity index is 1.60. The van der Waals surface area contributed by atoms with Crippen LogP contribution in [0.2, 0.25) is 0 Å². The molecule has 1 heterocycles. The summed E-state index contributed by atoms with van der Waals surface area (Å²) in [6.45, 7) is 9.52. The number of carbonyl (C=O) groups excluding carboxylic acids is 1. The van der Waals surface area contributed by atoms with Gasteiger partial charge in [-0.25, -0.2) is 4.39 Å². The van der Waals surface area contributed by atoms with E-state index in [1.807, 2.05) is 36.9 Å². The van der Waals surface area contributed by atoms with Crippen LogP contribution in [-0.2, 0) is 6.54 Å². The summed E-state index contributed by atoms with van der Waals surface area (Å²) < 4.78 is 19.0. The van der Waals surface area contributed by atoms with E-state index in [9.17, 15) is 9.18 Å². The summed E-state index contributed by atoms with van der Waals surface area (Å²) in [5, 5.41) is 0. The van der Waals surface area contributed by atoms with Gasteiger partial charge in [-0.1, -0.05) is 42.5 Å². The molecule has 3 aromatic rings. The van der Waals surface area contributed by atoms with Gasteiger partial charge in [0.05, 0.1) is 7.11 Å². The van der Waals surface area contributed by atoms with Gasteiger partial charge >= 0.3 is 0 Å². The number of benzene rings is 3. The third kappa shape index (κ3) is 5.73. The minimum Gasteiger partial charge on any atom is -0.496 e. The summed E-state index contributed by atoms with van der Waals surface area (Å²) in [5.41, 5.74) is 4.32. The first kappa shape index (κ1) is 24.9. The van der Waals surface area contributed by atoms with Crippen molar-refractivity contribution >= 4 is 5.91 Å². The second-order valence-electron chi connectivity index (χ2n) is 9.79. The zero-order valence-corrected chi connectivity index (χ0v) is 21.1. The Labute approximate surface area is 208 Å². The third-order valence-electron chi connectivity index (χ3n) is 7.10. The van der Waals surface area contributed by atoms with E-state index in [2.05, 4.69) is 42.2 Å². The minimum absolute atomic E-state index is 0.0355. The molecule has 1 fully saturated rings. The quantitative estimate of drug-likeness (QED) is 0.407. The molecular formula is C30H35FN2O2. The summed E-state index contributed by atoms with van der Waals surface area (Å²) in [6, 6.07) is 22.6. The number of aryl methyl sites for hydroxylation is 1. The molecular weight excluding hydrogens is 439 g/mol. The Bertz CT molecular complexity index is 1150. The minimum atomic E-state index is -0.333. The Morgan fingerprint density at radius 3 is 2.40 bits per heavy atom. The van der Waals surface area contributed by atoms with Gasteiger partial charge in [0.25, 0.3) is 5.91 Å². The molecule has 1 aliphatic rings. The second kappa shape index (κ2) is 11.0. The van der Waals surface area contributed by atoms with Gasteiger partial charge in [-0.3, -0.25) is 9.69 Å². The third-order valence-corrected chi connectivity index (χ3v) is 7.10. The van der Waals surface area contributed by atoms with Crippen LogP contribution in [0.25, 0.3) is 0 Å². The fourth-order valence-electron chi connectivity index (χ4n) is 5.24. The largest absolute Gasteiger partial charge is 0.496 e. The van der Waals surface area contributed by atoms with E-state index in [0.29, 0.717) is 18.0 Å². The number of hydrogen-bond acceptors (Lipinski definition) is 3. The molecule has 2 atom stereocenters. The molecule has 1 saturated heterocycles. The Kier molecular flexibility index (Phi) is 7.86. The van der Waals surface area contributed by atoms with Gasteiger partial charge in [-0.15, -0.1) is 0 Å². The summed E-state index contributed by atoms with van der Waals surface area (Å²) in [5.74, 6) is 1.11. The fourth-order valence-corrected chi connectivity index (χ4v) is 5.24. The standard InChI is InChI=1S/C30H35FN2O2/c1-21(2)33(30(34)23-13-15-26(31)16-14-23)19-25-18-32(17-24-10-6-8-12-29(24)35-4)20-28(25)27-11-7-5-9-22(27)3/h5-16,21,25,28H,17-20H2,1-4H3. The van der Waals surface area contributed by atoms with Crippen LogP contribution in [0.3, 0.4) is 0 Å². The van der Waals surface area contributed by atoms with Crippen molar-refractivity contribution in [3.63, 3.8) is 0 Å². The number of likely N-dealkylation sites (tertiary alicyclic amines) is 1. The highest BCUT2D eigenvalue weighted by atomic mass is 19.1. The molecule has 4 rings (SSSR count). The number of nitrogens with zero attached hydrogens (tertiary/aromatic N) is 2. The Morgan fingerprint density at radius 2 is 1.71 bits per heavy atom. The number of methoxy groups -OCH3 is 1. The van der Waals surface area contributed by atoms with Crippen LogP contribution >= 0.6 is 0 Å². The second-order valence-corrected chi connectivity index (χ2v) is 9.79. The van der Waals surface area contributed by atoms with E-state index in [1.54, 1.807) is 19.2 Å². The summed E-state index contributed by atoms with van der Waals surface area (Å²) in [6.07, 6.45) is 0. The fraction of sp³-hybridized carbons (Fsp3) is 0.367. The van der Waals surface area contributed by atoms with Crippen LogP contribution in [0.1, 0.15) is 46.8 Å². The van der Waals surface area contributed by atoms with Gasteiger partial charge in [0, 0.05) is 49.3 Å². The smallest absolute Gasteiger partial charge is 0.254 e. The van der Waals surface area contributed by atoms with E-state index in [0.717, 1.165) is 25.4 Å². The molecule has 0 radical (unpaired) electrons. The van der Waals surface area contributed by atoms with Crippen molar-refractivity contribution in [1.82, 2.24) is 9.80 Å². The maximum Gasteiger partial charge on any atom is 0.254 e. The number of hydrogen-bond donors (Lipinski definition) is 0. The molecule has 1 aliphatic heterocycles. The molecule has 35 heavy (non-hydrogen) atoms. The number of carbonyl (C=O) groups is 1. The highest BCUT2D eigenvalue weighted by Gasteiger charge is 2.37. The molecule has 0 spiro atoms. The lowest BCUT2D eigenvalue weighted by atomic mass is 9.86. The van der Waals surface area contributed by atoms with Crippen LogP contribution in [0.15, 0.2) is 72.8 Å². The van der Waals surface area contributed by atoms with Gasteiger partial charge in [-0.2, -0.15) is 0 Å². The molecule has 0 aliphatic carbocycles. The lowest BCUT2D eigenvalue weighted by molar-refractivity contribution is 0.0668. The monoisotopic (exact) mass is 474 g/mol. The lowest BCUT2D eigenvalue weighted by Gasteiger charge is -2.32. The molecule has 0 bridgehead atoms. The predicted octanol–water partition coefficient (Wildman–Crippen LogP) is 5.91. The van der Waals surface area contributed by atoms with Gasteiger partial charge in [0.1, 0.15) is 11.6 Å². The van der Waals surface area contributed by atoms with Crippen molar-refractivity contribution in [2.75, 3.05) is 26.7 Å². The summed E-state index contributed by atoms with van der Waals surface area (Å²) in [7, 11) is 1.71. The zero-order valence-electron chi connectivity index (χ0n) is 21.1. The van der Waals surface area contributed by atoms with Gasteiger partial charge in [0.15, 0.2) is 0 Å². The zero-order chi connectivity index (χ0) is 24.9. The maximum atomic E-state index is 13.5. The van der Waals surface area contributed by atoms with E-state index in [-0.39, 0.29) is 23.7 Å². The van der Waals surface area contributed by atoms with Gasteiger partial charge in [-0.05, 0) is 68.1 Å². The van der Waals surface area contributed by atoms with E-state index >= 15 is 0 Å². The molecule has 3 aromatic carbocycles. The topological polar surface area (TPSA) is 32.8 Å². The van der Waals surface area contributed by atoms with E-state index in [4.69, 9.17) is 4.74 Å². The summed E-state index contributed by atoms with van der Waals surface area (Å²) >= 11 is 0. The first-order chi connectivity index (χ1) is 16.9.